The van der Waals surface area contributed by atoms with Crippen molar-refractivity contribution in [3.05, 3.63) is 94.5 Å². The third-order valence-electron chi connectivity index (χ3n) is 6.95. The molecule has 3 rings (SSSR count). The topological polar surface area (TPSA) is 86.8 Å². The Morgan fingerprint density at radius 1 is 0.927 bits per heavy atom. The van der Waals surface area contributed by atoms with Gasteiger partial charge in [0.25, 0.3) is 10.0 Å². The molecule has 0 spiro atoms. The monoisotopic (exact) mass is 597 g/mol. The van der Waals surface area contributed by atoms with E-state index in [2.05, 4.69) is 5.32 Å². The average Bonchev–Trinajstić information content (AvgIpc) is 2.95. The minimum absolute atomic E-state index is 0.0628. The predicted octanol–water partition coefficient (Wildman–Crippen LogP) is 5.77. The Hall–Kier alpha value is -3.36. The highest BCUT2D eigenvalue weighted by Gasteiger charge is 2.34. The number of rotatable bonds is 13. The number of benzene rings is 3. The molecular formula is C32H40ClN3O4S. The van der Waals surface area contributed by atoms with E-state index in [1.54, 1.807) is 37.3 Å². The Morgan fingerprint density at radius 3 is 2.20 bits per heavy atom. The van der Waals surface area contributed by atoms with Crippen LogP contribution in [0.3, 0.4) is 0 Å². The average molecular weight is 598 g/mol. The Bertz CT molecular complexity index is 1430. The van der Waals surface area contributed by atoms with E-state index in [0.717, 1.165) is 15.4 Å². The fourth-order valence-corrected chi connectivity index (χ4v) is 6.18. The number of hydrogen-bond acceptors (Lipinski definition) is 4. The van der Waals surface area contributed by atoms with Gasteiger partial charge < -0.3 is 10.2 Å². The Labute approximate surface area is 249 Å². The Morgan fingerprint density at radius 2 is 1.59 bits per heavy atom. The first kappa shape index (κ1) is 32.2. The van der Waals surface area contributed by atoms with Crippen LogP contribution in [0.5, 0.6) is 0 Å². The molecule has 0 aliphatic heterocycles. The van der Waals surface area contributed by atoms with Crippen molar-refractivity contribution in [1.82, 2.24) is 10.2 Å². The number of amides is 2. The molecule has 0 aliphatic carbocycles. The minimum atomic E-state index is -4.15. The number of carbonyl (C=O) groups is 2. The number of anilines is 1. The van der Waals surface area contributed by atoms with Crippen molar-refractivity contribution in [1.29, 1.82) is 0 Å². The smallest absolute Gasteiger partial charge is 0.264 e. The summed E-state index contributed by atoms with van der Waals surface area (Å²) >= 11 is 6.40. The lowest BCUT2D eigenvalue weighted by Gasteiger charge is -2.33. The summed E-state index contributed by atoms with van der Waals surface area (Å²) in [5, 5.41) is 3.34. The van der Waals surface area contributed by atoms with E-state index in [0.29, 0.717) is 35.7 Å². The summed E-state index contributed by atoms with van der Waals surface area (Å²) in [7, 11) is -4.15. The number of halogens is 1. The van der Waals surface area contributed by atoms with Gasteiger partial charge in [0.15, 0.2) is 0 Å². The molecule has 41 heavy (non-hydrogen) atoms. The molecule has 1 atom stereocenters. The fourth-order valence-electron chi connectivity index (χ4n) is 4.54. The second-order valence-corrected chi connectivity index (χ2v) is 12.9. The van der Waals surface area contributed by atoms with Crippen molar-refractivity contribution in [3.8, 4) is 0 Å². The molecule has 0 bridgehead atoms. The van der Waals surface area contributed by atoms with Gasteiger partial charge in [0.2, 0.25) is 11.8 Å². The maximum Gasteiger partial charge on any atom is 0.264 e. The quantitative estimate of drug-likeness (QED) is 0.271. The van der Waals surface area contributed by atoms with Crippen molar-refractivity contribution >= 4 is 39.1 Å². The number of nitrogens with zero attached hydrogens (tertiary/aromatic N) is 2. The molecule has 2 amide bonds. The fraction of sp³-hybridized carbons (Fsp3) is 0.375. The zero-order valence-electron chi connectivity index (χ0n) is 24.4. The molecule has 9 heteroatoms. The first-order valence-electron chi connectivity index (χ1n) is 13.9. The van der Waals surface area contributed by atoms with E-state index in [4.69, 9.17) is 11.6 Å². The van der Waals surface area contributed by atoms with Gasteiger partial charge in [-0.2, -0.15) is 0 Å². The van der Waals surface area contributed by atoms with E-state index in [9.17, 15) is 18.0 Å². The summed E-state index contributed by atoms with van der Waals surface area (Å²) in [5.74, 6) is -0.483. The van der Waals surface area contributed by atoms with Crippen LogP contribution in [0, 0.1) is 19.8 Å². The SMILES string of the molecule is CC[C@H](C(=O)NCC(C)C)N(CCc1ccccc1)C(=O)CN(c1cccc(Cl)c1C)S(=O)(=O)c1ccc(C)cc1. The Balaban J connectivity index is 2.04. The number of sulfonamides is 1. The zero-order chi connectivity index (χ0) is 30.2. The molecule has 0 fully saturated rings. The molecule has 0 heterocycles. The minimum Gasteiger partial charge on any atom is -0.354 e. The number of carbonyl (C=O) groups excluding carboxylic acids is 2. The van der Waals surface area contributed by atoms with Crippen LogP contribution in [-0.4, -0.2) is 50.8 Å². The largest absolute Gasteiger partial charge is 0.354 e. The van der Waals surface area contributed by atoms with Crippen LogP contribution < -0.4 is 9.62 Å². The zero-order valence-corrected chi connectivity index (χ0v) is 26.0. The van der Waals surface area contributed by atoms with Gasteiger partial charge in [-0.3, -0.25) is 13.9 Å². The second kappa shape index (κ2) is 14.5. The second-order valence-electron chi connectivity index (χ2n) is 10.6. The molecule has 3 aromatic carbocycles. The molecule has 1 N–H and O–H groups in total. The van der Waals surface area contributed by atoms with Gasteiger partial charge in [-0.25, -0.2) is 8.42 Å². The maximum atomic E-state index is 14.1. The van der Waals surface area contributed by atoms with Crippen LogP contribution >= 0.6 is 11.6 Å². The maximum absolute atomic E-state index is 14.1. The molecule has 0 unspecified atom stereocenters. The van der Waals surface area contributed by atoms with E-state index in [1.807, 2.05) is 58.0 Å². The third kappa shape index (κ3) is 8.33. The van der Waals surface area contributed by atoms with Crippen LogP contribution in [0.4, 0.5) is 5.69 Å². The molecule has 0 radical (unpaired) electrons. The molecule has 3 aromatic rings. The van der Waals surface area contributed by atoms with Crippen molar-refractivity contribution in [2.24, 2.45) is 5.92 Å². The van der Waals surface area contributed by atoms with Crippen LogP contribution in [0.15, 0.2) is 77.7 Å². The van der Waals surface area contributed by atoms with Crippen molar-refractivity contribution in [3.63, 3.8) is 0 Å². The summed E-state index contributed by atoms with van der Waals surface area (Å²) in [6.07, 6.45) is 0.896. The highest BCUT2D eigenvalue weighted by molar-refractivity contribution is 7.92. The summed E-state index contributed by atoms with van der Waals surface area (Å²) in [6.45, 7) is 9.70. The molecule has 0 saturated heterocycles. The number of aryl methyl sites for hydroxylation is 1. The van der Waals surface area contributed by atoms with Crippen LogP contribution in [-0.2, 0) is 26.0 Å². The summed E-state index contributed by atoms with van der Waals surface area (Å²) < 4.78 is 29.2. The number of hydrogen-bond donors (Lipinski definition) is 1. The van der Waals surface area contributed by atoms with E-state index >= 15 is 0 Å². The van der Waals surface area contributed by atoms with E-state index < -0.39 is 28.5 Å². The normalized spacial score (nSPS) is 12.2. The number of nitrogens with one attached hydrogen (secondary N) is 1. The van der Waals surface area contributed by atoms with Gasteiger partial charge in [-0.05, 0) is 68.0 Å². The van der Waals surface area contributed by atoms with Crippen LogP contribution in [0.25, 0.3) is 0 Å². The van der Waals surface area contributed by atoms with Gasteiger partial charge in [0, 0.05) is 18.1 Å². The summed E-state index contributed by atoms with van der Waals surface area (Å²) in [5.41, 5.74) is 2.77. The molecule has 0 aromatic heterocycles. The van der Waals surface area contributed by atoms with Gasteiger partial charge in [0.1, 0.15) is 12.6 Å². The Kier molecular flexibility index (Phi) is 11.4. The molecular weight excluding hydrogens is 558 g/mol. The first-order chi connectivity index (χ1) is 19.4. The summed E-state index contributed by atoms with van der Waals surface area (Å²) in [6, 6.07) is 20.4. The van der Waals surface area contributed by atoms with Gasteiger partial charge in [-0.1, -0.05) is 86.5 Å². The first-order valence-corrected chi connectivity index (χ1v) is 15.7. The molecule has 0 saturated carbocycles. The third-order valence-corrected chi connectivity index (χ3v) is 9.13. The molecule has 7 nitrogen and oxygen atoms in total. The van der Waals surface area contributed by atoms with Gasteiger partial charge >= 0.3 is 0 Å². The lowest BCUT2D eigenvalue weighted by Crippen LogP contribution is -2.53. The van der Waals surface area contributed by atoms with E-state index in [-0.39, 0.29) is 23.3 Å². The van der Waals surface area contributed by atoms with Crippen LogP contribution in [0.1, 0.15) is 43.9 Å². The highest BCUT2D eigenvalue weighted by atomic mass is 35.5. The van der Waals surface area contributed by atoms with Gasteiger partial charge in [0.05, 0.1) is 10.6 Å². The lowest BCUT2D eigenvalue weighted by molar-refractivity contribution is -0.139. The van der Waals surface area contributed by atoms with Crippen molar-refractivity contribution in [2.45, 2.75) is 58.4 Å². The van der Waals surface area contributed by atoms with Crippen LogP contribution in [0.2, 0.25) is 5.02 Å². The van der Waals surface area contributed by atoms with E-state index in [1.165, 1.54) is 17.0 Å². The van der Waals surface area contributed by atoms with Gasteiger partial charge in [-0.15, -0.1) is 0 Å². The highest BCUT2D eigenvalue weighted by Crippen LogP contribution is 2.31. The standard InChI is InChI=1S/C32H40ClN3O4S/c1-6-29(32(38)34-21-23(2)3)35(20-19-26-11-8-7-9-12-26)31(37)22-36(30-14-10-13-28(33)25(30)5)41(39,40)27-17-15-24(4)16-18-27/h7-18,23,29H,6,19-22H2,1-5H3,(H,34,38)/t29-/m1/s1. The van der Waals surface area contributed by atoms with Crippen molar-refractivity contribution < 1.29 is 18.0 Å². The predicted molar refractivity (Wildman–Crippen MR) is 166 cm³/mol. The molecule has 220 valence electrons. The summed E-state index contributed by atoms with van der Waals surface area (Å²) in [4.78, 5) is 29.0. The lowest BCUT2D eigenvalue weighted by atomic mass is 10.1. The molecule has 0 aliphatic rings. The van der Waals surface area contributed by atoms with Crippen molar-refractivity contribution in [2.75, 3.05) is 23.9 Å².